The Hall–Kier alpha value is -2.43. The molecule has 10 heteroatoms. The fourth-order valence-corrected chi connectivity index (χ4v) is 5.90. The molecule has 1 aliphatic heterocycles. The summed E-state index contributed by atoms with van der Waals surface area (Å²) in [6.07, 6.45) is 0. The summed E-state index contributed by atoms with van der Waals surface area (Å²) in [7, 11) is -3.80. The Bertz CT molecular complexity index is 1170. The fraction of sp³-hybridized carbons (Fsp3) is 0.250. The van der Waals surface area contributed by atoms with E-state index in [4.69, 9.17) is 0 Å². The van der Waals surface area contributed by atoms with Crippen LogP contribution in [0.3, 0.4) is 0 Å². The van der Waals surface area contributed by atoms with E-state index in [0.717, 1.165) is 12.1 Å². The van der Waals surface area contributed by atoms with Crippen LogP contribution in [0, 0.1) is 24.4 Å². The Labute approximate surface area is 176 Å². The molecule has 1 saturated heterocycles. The number of rotatable bonds is 4. The summed E-state index contributed by atoms with van der Waals surface area (Å²) in [5.74, 6) is -1.95. The van der Waals surface area contributed by atoms with Gasteiger partial charge in [-0.3, -0.25) is 0 Å². The van der Waals surface area contributed by atoms with Gasteiger partial charge in [-0.1, -0.05) is 6.07 Å². The smallest absolute Gasteiger partial charge is 0.243 e. The third kappa shape index (κ3) is 4.07. The number of hydrogen-bond donors (Lipinski definition) is 0. The number of aryl methyl sites for hydroxylation is 1. The first-order valence-electron chi connectivity index (χ1n) is 9.17. The molecule has 1 aliphatic rings. The van der Waals surface area contributed by atoms with Crippen molar-refractivity contribution in [2.24, 2.45) is 0 Å². The molecule has 3 aromatic rings. The molecule has 0 bridgehead atoms. The Kier molecular flexibility index (Phi) is 5.56. The summed E-state index contributed by atoms with van der Waals surface area (Å²) in [4.78, 5) is 6.35. The predicted molar refractivity (Wildman–Crippen MR) is 110 cm³/mol. The zero-order chi connectivity index (χ0) is 21.5. The molecule has 30 heavy (non-hydrogen) atoms. The van der Waals surface area contributed by atoms with Gasteiger partial charge in [-0.05, 0) is 36.8 Å². The van der Waals surface area contributed by atoms with Crippen LogP contribution in [0.25, 0.3) is 11.3 Å². The highest BCUT2D eigenvalue weighted by Gasteiger charge is 2.30. The van der Waals surface area contributed by atoms with Crippen LogP contribution in [0.15, 0.2) is 46.7 Å². The molecule has 5 nitrogen and oxygen atoms in total. The number of nitrogens with zero attached hydrogens (tertiary/aromatic N) is 3. The molecule has 0 spiro atoms. The molecule has 0 atom stereocenters. The number of aromatic nitrogens is 1. The van der Waals surface area contributed by atoms with E-state index in [2.05, 4.69) is 4.98 Å². The van der Waals surface area contributed by atoms with Crippen LogP contribution in [-0.4, -0.2) is 43.9 Å². The van der Waals surface area contributed by atoms with Crippen LogP contribution in [-0.2, 0) is 10.0 Å². The monoisotopic (exact) mass is 453 g/mol. The molecule has 0 aliphatic carbocycles. The normalized spacial score (nSPS) is 15.5. The van der Waals surface area contributed by atoms with E-state index in [1.165, 1.54) is 39.9 Å². The zero-order valence-corrected chi connectivity index (χ0v) is 17.6. The standard InChI is InChI=1S/C20H18F3N3O2S2/c1-13-2-3-15(21)11-19(13)30(27,28)26-6-4-25(5-7-26)20-24-18(12-29-20)14-8-16(22)10-17(23)9-14/h2-3,8-12H,4-7H2,1H3. The number of piperazine rings is 1. The van der Waals surface area contributed by atoms with E-state index in [0.29, 0.717) is 35.0 Å². The van der Waals surface area contributed by atoms with Crippen LogP contribution < -0.4 is 4.90 Å². The first kappa shape index (κ1) is 20.8. The Morgan fingerprint density at radius 2 is 1.60 bits per heavy atom. The van der Waals surface area contributed by atoms with Gasteiger partial charge in [-0.15, -0.1) is 11.3 Å². The number of halogens is 3. The Morgan fingerprint density at radius 3 is 2.27 bits per heavy atom. The molecule has 0 unspecified atom stereocenters. The van der Waals surface area contributed by atoms with Gasteiger partial charge in [0, 0.05) is 43.2 Å². The molecular formula is C20H18F3N3O2S2. The molecule has 2 heterocycles. The maximum Gasteiger partial charge on any atom is 0.243 e. The third-order valence-electron chi connectivity index (χ3n) is 4.93. The minimum absolute atomic E-state index is 0.0272. The predicted octanol–water partition coefficient (Wildman–Crippen LogP) is 4.05. The average Bonchev–Trinajstić information content (AvgIpc) is 3.19. The first-order chi connectivity index (χ1) is 14.2. The van der Waals surface area contributed by atoms with Crippen LogP contribution >= 0.6 is 11.3 Å². The maximum absolute atomic E-state index is 13.6. The lowest BCUT2D eigenvalue weighted by Gasteiger charge is -2.34. The van der Waals surface area contributed by atoms with Crippen molar-refractivity contribution in [2.45, 2.75) is 11.8 Å². The Morgan fingerprint density at radius 1 is 0.933 bits per heavy atom. The first-order valence-corrected chi connectivity index (χ1v) is 11.5. The minimum Gasteiger partial charge on any atom is -0.345 e. The summed E-state index contributed by atoms with van der Waals surface area (Å²) in [5.41, 5.74) is 1.29. The molecule has 0 saturated carbocycles. The van der Waals surface area contributed by atoms with Crippen molar-refractivity contribution in [2.75, 3.05) is 31.1 Å². The van der Waals surface area contributed by atoms with E-state index in [1.807, 2.05) is 4.90 Å². The second kappa shape index (κ2) is 8.01. The summed E-state index contributed by atoms with van der Waals surface area (Å²) in [5, 5.41) is 2.36. The second-order valence-electron chi connectivity index (χ2n) is 6.97. The van der Waals surface area contributed by atoms with Gasteiger partial charge in [-0.2, -0.15) is 4.31 Å². The summed E-state index contributed by atoms with van der Waals surface area (Å²) in [6.45, 7) is 2.88. The van der Waals surface area contributed by atoms with E-state index in [-0.39, 0.29) is 18.0 Å². The van der Waals surface area contributed by atoms with E-state index in [1.54, 1.807) is 12.3 Å². The van der Waals surface area contributed by atoms with Gasteiger partial charge in [-0.25, -0.2) is 26.6 Å². The molecular weight excluding hydrogens is 435 g/mol. The van der Waals surface area contributed by atoms with Gasteiger partial charge < -0.3 is 4.90 Å². The third-order valence-corrected chi connectivity index (χ3v) is 7.87. The number of benzene rings is 2. The zero-order valence-electron chi connectivity index (χ0n) is 16.0. The number of anilines is 1. The van der Waals surface area contributed by atoms with Gasteiger partial charge in [0.15, 0.2) is 5.13 Å². The van der Waals surface area contributed by atoms with Crippen molar-refractivity contribution >= 4 is 26.5 Å². The topological polar surface area (TPSA) is 53.5 Å². The van der Waals surface area contributed by atoms with Crippen molar-refractivity contribution in [3.8, 4) is 11.3 Å². The van der Waals surface area contributed by atoms with Gasteiger partial charge in [0.2, 0.25) is 10.0 Å². The van der Waals surface area contributed by atoms with Gasteiger partial charge in [0.25, 0.3) is 0 Å². The SMILES string of the molecule is Cc1ccc(F)cc1S(=O)(=O)N1CCN(c2nc(-c3cc(F)cc(F)c3)cs2)CC1. The van der Waals surface area contributed by atoms with Crippen molar-refractivity contribution in [3.63, 3.8) is 0 Å². The number of thiazole rings is 1. The van der Waals surface area contributed by atoms with Crippen LogP contribution in [0.4, 0.5) is 18.3 Å². The molecule has 4 rings (SSSR count). The largest absolute Gasteiger partial charge is 0.345 e. The second-order valence-corrected chi connectivity index (χ2v) is 9.72. The van der Waals surface area contributed by atoms with E-state index in [9.17, 15) is 21.6 Å². The molecule has 0 N–H and O–H groups in total. The van der Waals surface area contributed by atoms with Crippen LogP contribution in [0.1, 0.15) is 5.56 Å². The van der Waals surface area contributed by atoms with Crippen molar-refractivity contribution in [3.05, 3.63) is 64.8 Å². The molecule has 0 amide bonds. The van der Waals surface area contributed by atoms with E-state index < -0.39 is 27.5 Å². The molecule has 158 valence electrons. The molecule has 1 fully saturated rings. The minimum atomic E-state index is -3.80. The lowest BCUT2D eigenvalue weighted by atomic mass is 10.1. The summed E-state index contributed by atoms with van der Waals surface area (Å²) < 4.78 is 67.7. The van der Waals surface area contributed by atoms with Gasteiger partial charge >= 0.3 is 0 Å². The van der Waals surface area contributed by atoms with Crippen molar-refractivity contribution < 1.29 is 21.6 Å². The van der Waals surface area contributed by atoms with E-state index >= 15 is 0 Å². The highest BCUT2D eigenvalue weighted by Crippen LogP contribution is 2.30. The van der Waals surface area contributed by atoms with Crippen LogP contribution in [0.5, 0.6) is 0 Å². The highest BCUT2D eigenvalue weighted by atomic mass is 32.2. The van der Waals surface area contributed by atoms with Gasteiger partial charge in [0.1, 0.15) is 17.5 Å². The number of sulfonamides is 1. The maximum atomic E-state index is 13.6. The van der Waals surface area contributed by atoms with Crippen LogP contribution in [0.2, 0.25) is 0 Å². The van der Waals surface area contributed by atoms with Gasteiger partial charge in [0.05, 0.1) is 10.6 Å². The lowest BCUT2D eigenvalue weighted by Crippen LogP contribution is -2.48. The van der Waals surface area contributed by atoms with Crippen molar-refractivity contribution in [1.82, 2.24) is 9.29 Å². The number of hydrogen-bond acceptors (Lipinski definition) is 5. The van der Waals surface area contributed by atoms with Crippen molar-refractivity contribution in [1.29, 1.82) is 0 Å². The summed E-state index contributed by atoms with van der Waals surface area (Å²) >= 11 is 1.32. The average molecular weight is 454 g/mol. The molecule has 0 radical (unpaired) electrons. The lowest BCUT2D eigenvalue weighted by molar-refractivity contribution is 0.384. The molecule has 1 aromatic heterocycles. The highest BCUT2D eigenvalue weighted by molar-refractivity contribution is 7.89. The molecule has 2 aromatic carbocycles. The quantitative estimate of drug-likeness (QED) is 0.598. The fourth-order valence-electron chi connectivity index (χ4n) is 3.35. The Balaban J connectivity index is 1.49. The summed E-state index contributed by atoms with van der Waals surface area (Å²) in [6, 6.07) is 6.96.